The van der Waals surface area contributed by atoms with Gasteiger partial charge in [0, 0.05) is 22.2 Å². The van der Waals surface area contributed by atoms with Gasteiger partial charge >= 0.3 is 0 Å². The lowest BCUT2D eigenvalue weighted by atomic mass is 9.90. The molecule has 0 radical (unpaired) electrons. The second-order valence-electron chi connectivity index (χ2n) is 3.69. The maximum atomic E-state index is 6.12. The third-order valence-electron chi connectivity index (χ3n) is 2.68. The molecule has 2 unspecified atom stereocenters. The molecule has 1 heterocycles. The number of hydrogen-bond donors (Lipinski definition) is 1. The number of rotatable bonds is 1. The third-order valence-corrected chi connectivity index (χ3v) is 4.32. The second kappa shape index (κ2) is 4.69. The van der Waals surface area contributed by atoms with E-state index in [1.54, 1.807) is 0 Å². The van der Waals surface area contributed by atoms with E-state index in [-0.39, 0.29) is 0 Å². The second-order valence-corrected chi connectivity index (χ2v) is 5.75. The van der Waals surface area contributed by atoms with Crippen molar-refractivity contribution in [2.45, 2.75) is 18.4 Å². The van der Waals surface area contributed by atoms with E-state index in [0.717, 1.165) is 10.2 Å². The zero-order valence-corrected chi connectivity index (χ0v) is 10.4. The average molecular weight is 272 g/mol. The van der Waals surface area contributed by atoms with Crippen LogP contribution in [0.15, 0.2) is 28.7 Å². The maximum absolute atomic E-state index is 6.12. The van der Waals surface area contributed by atoms with Crippen LogP contribution < -0.4 is 5.73 Å². The molecular weight excluding hydrogens is 258 g/mol. The summed E-state index contributed by atoms with van der Waals surface area (Å²) in [6, 6.07) is 8.86. The largest absolute Gasteiger partial charge is 0.326 e. The lowest BCUT2D eigenvalue weighted by molar-refractivity contribution is 0.549. The first-order valence-electron chi connectivity index (χ1n) is 4.86. The van der Waals surface area contributed by atoms with Crippen molar-refractivity contribution in [2.24, 2.45) is 5.73 Å². The van der Waals surface area contributed by atoms with Crippen LogP contribution in [0.4, 0.5) is 0 Å². The summed E-state index contributed by atoms with van der Waals surface area (Å²) in [5, 5.41) is 0. The molecule has 0 bridgehead atoms. The smallest absolute Gasteiger partial charge is 0.0200 e. The summed E-state index contributed by atoms with van der Waals surface area (Å²) in [6.07, 6.45) is 1.21. The summed E-state index contributed by atoms with van der Waals surface area (Å²) in [7, 11) is 0. The average Bonchev–Trinajstić information content (AvgIpc) is 2.18. The van der Waals surface area contributed by atoms with Crippen molar-refractivity contribution in [3.05, 3.63) is 34.3 Å². The molecule has 2 atom stereocenters. The predicted molar refractivity (Wildman–Crippen MR) is 66.8 cm³/mol. The molecule has 0 spiro atoms. The maximum Gasteiger partial charge on any atom is 0.0200 e. The third kappa shape index (κ3) is 2.33. The molecule has 1 saturated heterocycles. The Kier molecular flexibility index (Phi) is 3.52. The first kappa shape index (κ1) is 10.5. The zero-order valence-electron chi connectivity index (χ0n) is 7.95. The van der Waals surface area contributed by atoms with Gasteiger partial charge in [-0.3, -0.25) is 0 Å². The first-order valence-corrected chi connectivity index (χ1v) is 6.81. The summed E-state index contributed by atoms with van der Waals surface area (Å²) < 4.78 is 1.15. The molecule has 76 valence electrons. The molecule has 0 amide bonds. The van der Waals surface area contributed by atoms with E-state index in [2.05, 4.69) is 40.2 Å². The van der Waals surface area contributed by atoms with E-state index in [1.165, 1.54) is 17.7 Å². The van der Waals surface area contributed by atoms with Crippen LogP contribution in [0.25, 0.3) is 0 Å². The van der Waals surface area contributed by atoms with Gasteiger partial charge in [-0.1, -0.05) is 28.1 Å². The number of benzene rings is 1. The van der Waals surface area contributed by atoms with Crippen molar-refractivity contribution in [3.63, 3.8) is 0 Å². The highest BCUT2D eigenvalue weighted by Gasteiger charge is 2.23. The monoisotopic (exact) mass is 271 g/mol. The van der Waals surface area contributed by atoms with Gasteiger partial charge in [0.05, 0.1) is 0 Å². The molecule has 2 rings (SSSR count). The Morgan fingerprint density at radius 3 is 3.00 bits per heavy atom. The SMILES string of the molecule is NC1CSCCC1c1cccc(Br)c1. The van der Waals surface area contributed by atoms with Crippen LogP contribution in [-0.2, 0) is 0 Å². The van der Waals surface area contributed by atoms with E-state index < -0.39 is 0 Å². The number of thioether (sulfide) groups is 1. The van der Waals surface area contributed by atoms with Gasteiger partial charge in [-0.05, 0) is 29.9 Å². The molecule has 14 heavy (non-hydrogen) atoms. The molecule has 1 aromatic rings. The Bertz CT molecular complexity index is 316. The van der Waals surface area contributed by atoms with Crippen LogP contribution in [-0.4, -0.2) is 17.5 Å². The highest BCUT2D eigenvalue weighted by atomic mass is 79.9. The molecular formula is C11H14BrNS. The van der Waals surface area contributed by atoms with Crippen LogP contribution in [0.1, 0.15) is 17.9 Å². The quantitative estimate of drug-likeness (QED) is 0.850. The zero-order chi connectivity index (χ0) is 9.97. The Balaban J connectivity index is 2.20. The lowest BCUT2D eigenvalue weighted by Crippen LogP contribution is -2.34. The first-order chi connectivity index (χ1) is 6.77. The van der Waals surface area contributed by atoms with E-state index in [4.69, 9.17) is 5.73 Å². The van der Waals surface area contributed by atoms with Gasteiger partial charge in [-0.2, -0.15) is 11.8 Å². The van der Waals surface area contributed by atoms with Crippen molar-refractivity contribution in [2.75, 3.05) is 11.5 Å². The van der Waals surface area contributed by atoms with E-state index in [9.17, 15) is 0 Å². The number of nitrogens with two attached hydrogens (primary N) is 1. The van der Waals surface area contributed by atoms with Gasteiger partial charge in [0.2, 0.25) is 0 Å². The van der Waals surface area contributed by atoms with Crippen LogP contribution >= 0.6 is 27.7 Å². The molecule has 3 heteroatoms. The van der Waals surface area contributed by atoms with Crippen molar-refractivity contribution in [3.8, 4) is 0 Å². The standard InChI is InChI=1S/C11H14BrNS/c12-9-3-1-2-8(6-9)10-4-5-14-7-11(10)13/h1-3,6,10-11H,4-5,7,13H2. The molecule has 1 aliphatic heterocycles. The van der Waals surface area contributed by atoms with E-state index in [1.807, 2.05) is 11.8 Å². The minimum absolute atomic E-state index is 0.322. The van der Waals surface area contributed by atoms with Gasteiger partial charge in [-0.15, -0.1) is 0 Å². The van der Waals surface area contributed by atoms with Gasteiger partial charge in [-0.25, -0.2) is 0 Å². The van der Waals surface area contributed by atoms with E-state index in [0.29, 0.717) is 12.0 Å². The van der Waals surface area contributed by atoms with Crippen LogP contribution in [0.2, 0.25) is 0 Å². The molecule has 1 nitrogen and oxygen atoms in total. The van der Waals surface area contributed by atoms with Crippen molar-refractivity contribution in [1.29, 1.82) is 0 Å². The number of hydrogen-bond acceptors (Lipinski definition) is 2. The topological polar surface area (TPSA) is 26.0 Å². The fourth-order valence-electron chi connectivity index (χ4n) is 1.91. The fourth-order valence-corrected chi connectivity index (χ4v) is 3.42. The highest BCUT2D eigenvalue weighted by Crippen LogP contribution is 2.31. The molecule has 1 aliphatic rings. The van der Waals surface area contributed by atoms with Crippen molar-refractivity contribution in [1.82, 2.24) is 0 Å². The van der Waals surface area contributed by atoms with Crippen LogP contribution in [0, 0.1) is 0 Å². The number of halogens is 1. The molecule has 2 N–H and O–H groups in total. The highest BCUT2D eigenvalue weighted by molar-refractivity contribution is 9.10. The molecule has 0 aliphatic carbocycles. The Morgan fingerprint density at radius 1 is 1.43 bits per heavy atom. The molecule has 0 saturated carbocycles. The normalized spacial score (nSPS) is 27.6. The van der Waals surface area contributed by atoms with Crippen LogP contribution in [0.5, 0.6) is 0 Å². The van der Waals surface area contributed by atoms with Crippen molar-refractivity contribution < 1.29 is 0 Å². The van der Waals surface area contributed by atoms with Gasteiger partial charge in [0.15, 0.2) is 0 Å². The minimum atomic E-state index is 0.322. The predicted octanol–water partition coefficient (Wildman–Crippen LogP) is 3.00. The summed E-state index contributed by atoms with van der Waals surface area (Å²) in [4.78, 5) is 0. The minimum Gasteiger partial charge on any atom is -0.326 e. The van der Waals surface area contributed by atoms with E-state index >= 15 is 0 Å². The summed E-state index contributed by atoms with van der Waals surface area (Å²) in [5.74, 6) is 2.89. The van der Waals surface area contributed by atoms with Gasteiger partial charge in [0.25, 0.3) is 0 Å². The summed E-state index contributed by atoms with van der Waals surface area (Å²) in [6.45, 7) is 0. The lowest BCUT2D eigenvalue weighted by Gasteiger charge is -2.28. The fraction of sp³-hybridized carbons (Fsp3) is 0.455. The Labute approximate surface area is 97.6 Å². The Hall–Kier alpha value is 0.01000. The molecule has 1 fully saturated rings. The van der Waals surface area contributed by atoms with Crippen LogP contribution in [0.3, 0.4) is 0 Å². The molecule has 1 aromatic carbocycles. The van der Waals surface area contributed by atoms with Crippen molar-refractivity contribution >= 4 is 27.7 Å². The van der Waals surface area contributed by atoms with Gasteiger partial charge in [0.1, 0.15) is 0 Å². The van der Waals surface area contributed by atoms with Gasteiger partial charge < -0.3 is 5.73 Å². The Morgan fingerprint density at radius 2 is 2.29 bits per heavy atom. The molecule has 0 aromatic heterocycles. The summed E-state index contributed by atoms with van der Waals surface area (Å²) >= 11 is 5.47. The summed E-state index contributed by atoms with van der Waals surface area (Å²) in [5.41, 5.74) is 7.51.